The van der Waals surface area contributed by atoms with Crippen LogP contribution in [0.5, 0.6) is 0 Å². The van der Waals surface area contributed by atoms with E-state index in [1.807, 2.05) is 24.0 Å². The first-order valence-electron chi connectivity index (χ1n) is 11.1. The second-order valence-corrected chi connectivity index (χ2v) is 9.27. The highest BCUT2D eigenvalue weighted by molar-refractivity contribution is 7.21. The molecule has 1 aliphatic rings. The van der Waals surface area contributed by atoms with E-state index in [1.54, 1.807) is 7.05 Å². The first kappa shape index (κ1) is 21.6. The van der Waals surface area contributed by atoms with Crippen LogP contribution in [-0.2, 0) is 12.8 Å². The first-order valence-corrected chi connectivity index (χ1v) is 11.9. The molecule has 1 saturated heterocycles. The molecule has 0 unspecified atom stereocenters. The highest BCUT2D eigenvalue weighted by Crippen LogP contribution is 2.34. The third-order valence-corrected chi connectivity index (χ3v) is 7.59. The molecule has 0 spiro atoms. The van der Waals surface area contributed by atoms with Gasteiger partial charge in [0.2, 0.25) is 0 Å². The average molecular weight is 439 g/mol. The van der Waals surface area contributed by atoms with Crippen molar-refractivity contribution in [3.8, 4) is 0 Å². The third kappa shape index (κ3) is 4.11. The van der Waals surface area contributed by atoms with Crippen LogP contribution in [0.4, 0.5) is 0 Å². The van der Waals surface area contributed by atoms with Gasteiger partial charge in [0, 0.05) is 35.6 Å². The van der Waals surface area contributed by atoms with Crippen molar-refractivity contribution in [3.63, 3.8) is 0 Å². The number of carbonyl (C=O) groups is 2. The Bertz CT molecular complexity index is 1100. The SMILES string of the molecule is CCc1[nH]nc(C(=O)N2CCCCC[C@@H]2Cc2c(C(=O)NC)sc3ccccc23)c1C. The number of nitrogens with one attached hydrogen (secondary N) is 2. The molecule has 1 atom stereocenters. The lowest BCUT2D eigenvalue weighted by atomic mass is 9.97. The van der Waals surface area contributed by atoms with E-state index in [1.165, 1.54) is 11.3 Å². The minimum Gasteiger partial charge on any atom is -0.354 e. The molecule has 3 heterocycles. The highest BCUT2D eigenvalue weighted by atomic mass is 32.1. The van der Waals surface area contributed by atoms with Crippen molar-refractivity contribution in [1.82, 2.24) is 20.4 Å². The summed E-state index contributed by atoms with van der Waals surface area (Å²) in [6.45, 7) is 4.76. The number of fused-ring (bicyclic) bond motifs is 1. The van der Waals surface area contributed by atoms with Gasteiger partial charge in [-0.05, 0) is 49.6 Å². The Balaban J connectivity index is 1.71. The van der Waals surface area contributed by atoms with Crippen molar-refractivity contribution in [2.75, 3.05) is 13.6 Å². The van der Waals surface area contributed by atoms with Gasteiger partial charge in [0.25, 0.3) is 11.8 Å². The number of aromatic amines is 1. The Morgan fingerprint density at radius 2 is 2.06 bits per heavy atom. The molecule has 7 heteroatoms. The third-order valence-electron chi connectivity index (χ3n) is 6.38. The number of carbonyl (C=O) groups excluding carboxylic acids is 2. The minimum atomic E-state index is -0.0570. The molecule has 1 aromatic carbocycles. The van der Waals surface area contributed by atoms with E-state index in [0.29, 0.717) is 12.1 Å². The number of hydrogen-bond acceptors (Lipinski definition) is 4. The number of amides is 2. The van der Waals surface area contributed by atoms with Gasteiger partial charge in [0.15, 0.2) is 5.69 Å². The van der Waals surface area contributed by atoms with Crippen molar-refractivity contribution in [1.29, 1.82) is 0 Å². The molecule has 3 aromatic rings. The number of aromatic nitrogens is 2. The molecule has 2 aromatic heterocycles. The number of hydrogen-bond donors (Lipinski definition) is 2. The van der Waals surface area contributed by atoms with Gasteiger partial charge in [-0.3, -0.25) is 14.7 Å². The predicted molar refractivity (Wildman–Crippen MR) is 125 cm³/mol. The van der Waals surface area contributed by atoms with Crippen LogP contribution in [0.1, 0.15) is 69.6 Å². The lowest BCUT2D eigenvalue weighted by Gasteiger charge is -2.30. The van der Waals surface area contributed by atoms with Crippen molar-refractivity contribution in [3.05, 3.63) is 51.7 Å². The molecule has 0 aliphatic carbocycles. The maximum atomic E-state index is 13.5. The fourth-order valence-electron chi connectivity index (χ4n) is 4.61. The van der Waals surface area contributed by atoms with Gasteiger partial charge in [0.05, 0.1) is 4.88 Å². The fourth-order valence-corrected chi connectivity index (χ4v) is 5.79. The van der Waals surface area contributed by atoms with Gasteiger partial charge >= 0.3 is 0 Å². The highest BCUT2D eigenvalue weighted by Gasteiger charge is 2.31. The van der Waals surface area contributed by atoms with E-state index in [0.717, 1.165) is 70.4 Å². The van der Waals surface area contributed by atoms with Crippen LogP contribution < -0.4 is 5.32 Å². The summed E-state index contributed by atoms with van der Waals surface area (Å²) in [7, 11) is 1.67. The molecule has 1 fully saturated rings. The van der Waals surface area contributed by atoms with Crippen LogP contribution in [0, 0.1) is 6.92 Å². The molecule has 31 heavy (non-hydrogen) atoms. The molecule has 4 rings (SSSR count). The molecule has 0 radical (unpaired) electrons. The van der Waals surface area contributed by atoms with Crippen LogP contribution in [0.2, 0.25) is 0 Å². The van der Waals surface area contributed by atoms with Crippen molar-refractivity contribution in [2.24, 2.45) is 0 Å². The minimum absolute atomic E-state index is 0.00128. The number of benzene rings is 1. The van der Waals surface area contributed by atoms with Crippen LogP contribution >= 0.6 is 11.3 Å². The Hall–Kier alpha value is -2.67. The molecule has 164 valence electrons. The van der Waals surface area contributed by atoms with Gasteiger partial charge < -0.3 is 10.2 Å². The topological polar surface area (TPSA) is 78.1 Å². The molecule has 6 nitrogen and oxygen atoms in total. The first-order chi connectivity index (χ1) is 15.0. The largest absolute Gasteiger partial charge is 0.354 e. The average Bonchev–Trinajstić information content (AvgIpc) is 3.25. The second kappa shape index (κ2) is 9.22. The van der Waals surface area contributed by atoms with Crippen LogP contribution in [0.15, 0.2) is 24.3 Å². The van der Waals surface area contributed by atoms with Crippen LogP contribution in [0.25, 0.3) is 10.1 Å². The zero-order chi connectivity index (χ0) is 22.0. The molecule has 2 N–H and O–H groups in total. The van der Waals surface area contributed by atoms with E-state index in [9.17, 15) is 9.59 Å². The van der Waals surface area contributed by atoms with Crippen LogP contribution in [-0.4, -0.2) is 46.5 Å². The lowest BCUT2D eigenvalue weighted by molar-refractivity contribution is 0.0675. The smallest absolute Gasteiger partial charge is 0.274 e. The predicted octanol–water partition coefficient (Wildman–Crippen LogP) is 4.48. The summed E-state index contributed by atoms with van der Waals surface area (Å²) < 4.78 is 1.11. The number of H-pyrrole nitrogens is 1. The standard InChI is InChI=1S/C24H30N4O2S/c1-4-19-15(2)21(27-26-19)24(30)28-13-9-5-6-10-16(28)14-18-17-11-7-8-12-20(17)31-22(18)23(29)25-3/h7-8,11-12,16H,4-6,9-10,13-14H2,1-3H3,(H,25,29)(H,26,27)/t16-/m1/s1. The van der Waals surface area contributed by atoms with Gasteiger partial charge in [0.1, 0.15) is 0 Å². The van der Waals surface area contributed by atoms with E-state index < -0.39 is 0 Å². The van der Waals surface area contributed by atoms with Gasteiger partial charge in [-0.2, -0.15) is 5.10 Å². The Labute approximate surface area is 187 Å². The molecule has 2 amide bonds. The van der Waals surface area contributed by atoms with E-state index in [4.69, 9.17) is 0 Å². The monoisotopic (exact) mass is 438 g/mol. The number of likely N-dealkylation sites (tertiary alicyclic amines) is 1. The van der Waals surface area contributed by atoms with Crippen molar-refractivity contribution < 1.29 is 9.59 Å². The zero-order valence-corrected chi connectivity index (χ0v) is 19.3. The maximum Gasteiger partial charge on any atom is 0.274 e. The normalized spacial score (nSPS) is 17.0. The molecule has 1 aliphatic heterocycles. The summed E-state index contributed by atoms with van der Waals surface area (Å²) >= 11 is 1.53. The van der Waals surface area contributed by atoms with Crippen LogP contribution in [0.3, 0.4) is 0 Å². The van der Waals surface area contributed by atoms with Crippen molar-refractivity contribution in [2.45, 2.75) is 58.4 Å². The lowest BCUT2D eigenvalue weighted by Crippen LogP contribution is -2.42. The van der Waals surface area contributed by atoms with Gasteiger partial charge in [-0.1, -0.05) is 38.0 Å². The summed E-state index contributed by atoms with van der Waals surface area (Å²) in [5, 5.41) is 11.3. The summed E-state index contributed by atoms with van der Waals surface area (Å²) in [5.41, 5.74) is 3.55. The van der Waals surface area contributed by atoms with Gasteiger partial charge in [-0.25, -0.2) is 0 Å². The van der Waals surface area contributed by atoms with E-state index >= 15 is 0 Å². The molecule has 0 bridgehead atoms. The quantitative estimate of drug-likeness (QED) is 0.616. The number of thiophene rings is 1. The van der Waals surface area contributed by atoms with Gasteiger partial charge in [-0.15, -0.1) is 11.3 Å². The second-order valence-electron chi connectivity index (χ2n) is 8.22. The number of rotatable bonds is 5. The molecular weight excluding hydrogens is 408 g/mol. The zero-order valence-electron chi connectivity index (χ0n) is 18.5. The Morgan fingerprint density at radius 1 is 1.26 bits per heavy atom. The Kier molecular flexibility index (Phi) is 6.41. The molecule has 0 saturated carbocycles. The van der Waals surface area contributed by atoms with E-state index in [-0.39, 0.29) is 17.9 Å². The summed E-state index contributed by atoms with van der Waals surface area (Å²) in [6, 6.07) is 8.22. The summed E-state index contributed by atoms with van der Waals surface area (Å²) in [6.07, 6.45) is 5.65. The molecular formula is C24H30N4O2S. The summed E-state index contributed by atoms with van der Waals surface area (Å²) in [4.78, 5) is 28.9. The summed E-state index contributed by atoms with van der Waals surface area (Å²) in [5.74, 6) is -0.0557. The maximum absolute atomic E-state index is 13.5. The van der Waals surface area contributed by atoms with Crippen molar-refractivity contribution >= 4 is 33.2 Å². The Morgan fingerprint density at radius 3 is 2.81 bits per heavy atom. The van der Waals surface area contributed by atoms with E-state index in [2.05, 4.69) is 34.6 Å². The fraction of sp³-hybridized carbons (Fsp3) is 0.458. The number of aryl methyl sites for hydroxylation is 1. The number of nitrogens with zero attached hydrogens (tertiary/aromatic N) is 2.